The van der Waals surface area contributed by atoms with Gasteiger partial charge in [0.25, 0.3) is 0 Å². The quantitative estimate of drug-likeness (QED) is 0.670. The molecule has 0 saturated carbocycles. The molecule has 7 heteroatoms. The zero-order chi connectivity index (χ0) is 13.8. The first-order valence-electron chi connectivity index (χ1n) is 5.59. The highest BCUT2D eigenvalue weighted by Crippen LogP contribution is 2.13. The summed E-state index contributed by atoms with van der Waals surface area (Å²) in [5.41, 5.74) is 1.58. The molecule has 7 nitrogen and oxygen atoms in total. The Balaban J connectivity index is 2.13. The molecule has 19 heavy (non-hydrogen) atoms. The molecule has 0 aliphatic heterocycles. The molecule has 1 aromatic heterocycles. The van der Waals surface area contributed by atoms with Gasteiger partial charge in [0, 0.05) is 12.6 Å². The zero-order valence-corrected chi connectivity index (χ0v) is 10.2. The van der Waals surface area contributed by atoms with Gasteiger partial charge < -0.3 is 15.4 Å². The summed E-state index contributed by atoms with van der Waals surface area (Å²) >= 11 is 0. The second kappa shape index (κ2) is 5.30. The van der Waals surface area contributed by atoms with Crippen molar-refractivity contribution in [3.8, 4) is 0 Å². The Morgan fingerprint density at radius 1 is 1.47 bits per heavy atom. The lowest BCUT2D eigenvalue weighted by Crippen LogP contribution is -2.07. The van der Waals surface area contributed by atoms with E-state index in [1.54, 1.807) is 24.4 Å². The van der Waals surface area contributed by atoms with Gasteiger partial charge in [-0.25, -0.2) is 0 Å². The molecule has 98 valence electrons. The van der Waals surface area contributed by atoms with E-state index in [4.69, 9.17) is 0 Å². The van der Waals surface area contributed by atoms with Crippen molar-refractivity contribution >= 4 is 17.4 Å². The topological polar surface area (TPSA) is 90.1 Å². The van der Waals surface area contributed by atoms with Crippen LogP contribution in [0.2, 0.25) is 0 Å². The first-order valence-corrected chi connectivity index (χ1v) is 5.59. The lowest BCUT2D eigenvalue weighted by Gasteiger charge is -2.04. The summed E-state index contributed by atoms with van der Waals surface area (Å²) in [6.45, 7) is 1.84. The van der Waals surface area contributed by atoms with Crippen LogP contribution >= 0.6 is 0 Å². The summed E-state index contributed by atoms with van der Waals surface area (Å²) in [4.78, 5) is 20.9. The van der Waals surface area contributed by atoms with Crippen LogP contribution in [-0.2, 0) is 11.3 Å². The highest BCUT2D eigenvalue weighted by molar-refractivity contribution is 5.88. The maximum absolute atomic E-state index is 11.0. The minimum absolute atomic E-state index is 0.146. The van der Waals surface area contributed by atoms with Gasteiger partial charge in [-0.05, 0) is 22.6 Å². The van der Waals surface area contributed by atoms with Gasteiger partial charge in [-0.15, -0.1) is 0 Å². The summed E-state index contributed by atoms with van der Waals surface area (Å²) in [5, 5.41) is 17.0. The number of hydrogen-bond donors (Lipinski definition) is 1. The molecule has 0 radical (unpaired) electrons. The van der Waals surface area contributed by atoms with Crippen molar-refractivity contribution in [1.29, 1.82) is 0 Å². The number of anilines is 1. The van der Waals surface area contributed by atoms with E-state index >= 15 is 0 Å². The van der Waals surface area contributed by atoms with Crippen LogP contribution in [0, 0.1) is 10.1 Å². The van der Waals surface area contributed by atoms with Crippen LogP contribution in [0.3, 0.4) is 0 Å². The fourth-order valence-corrected chi connectivity index (χ4v) is 1.67. The van der Waals surface area contributed by atoms with Gasteiger partial charge in [0.2, 0.25) is 5.91 Å². The van der Waals surface area contributed by atoms with Crippen LogP contribution < -0.4 is 5.32 Å². The van der Waals surface area contributed by atoms with Crippen LogP contribution in [0.25, 0.3) is 0 Å². The highest BCUT2D eigenvalue weighted by atomic mass is 16.6. The van der Waals surface area contributed by atoms with Gasteiger partial charge in [-0.3, -0.25) is 4.79 Å². The van der Waals surface area contributed by atoms with E-state index in [2.05, 4.69) is 10.4 Å². The number of amides is 1. The molecule has 0 spiro atoms. The predicted octanol–water partition coefficient (Wildman–Crippen LogP) is 1.80. The number of nitro groups is 1. The lowest BCUT2D eigenvalue weighted by atomic mass is 10.2. The van der Waals surface area contributed by atoms with Crippen LogP contribution in [0.15, 0.2) is 36.5 Å². The normalized spacial score (nSPS) is 10.2. The first-order chi connectivity index (χ1) is 9.04. The molecule has 1 heterocycles. The Bertz CT molecular complexity index is 621. The van der Waals surface area contributed by atoms with E-state index in [-0.39, 0.29) is 11.7 Å². The van der Waals surface area contributed by atoms with E-state index in [1.807, 2.05) is 6.07 Å². The summed E-state index contributed by atoms with van der Waals surface area (Å²) in [6, 6.07) is 8.58. The van der Waals surface area contributed by atoms with E-state index in [0.29, 0.717) is 12.2 Å². The summed E-state index contributed by atoms with van der Waals surface area (Å²) in [6.07, 6.45) is 1.54. The fraction of sp³-hybridized carbons (Fsp3) is 0.167. The van der Waals surface area contributed by atoms with Crippen LogP contribution in [0.1, 0.15) is 12.5 Å². The van der Waals surface area contributed by atoms with Crippen molar-refractivity contribution in [2.75, 3.05) is 5.32 Å². The molecule has 0 aliphatic carbocycles. The molecular formula is C12H12N4O3. The minimum atomic E-state index is -0.537. The van der Waals surface area contributed by atoms with Gasteiger partial charge in [0.05, 0.1) is 23.9 Å². The number of hydrogen-bond acceptors (Lipinski definition) is 4. The molecule has 0 aliphatic rings. The molecule has 1 N–H and O–H groups in total. The smallest absolute Gasteiger partial charge is 0.358 e. The third kappa shape index (κ3) is 3.38. The van der Waals surface area contributed by atoms with Gasteiger partial charge in [-0.2, -0.15) is 4.68 Å². The number of aromatic nitrogens is 2. The molecule has 2 aromatic rings. The first kappa shape index (κ1) is 12.7. The van der Waals surface area contributed by atoms with Crippen LogP contribution in [0.4, 0.5) is 11.5 Å². The number of nitrogens with zero attached hydrogens (tertiary/aromatic N) is 3. The SMILES string of the molecule is CC(=O)Nc1cccc(Cn2ccc([N+](=O)[O-])n2)c1. The lowest BCUT2D eigenvalue weighted by molar-refractivity contribution is -0.389. The third-order valence-electron chi connectivity index (χ3n) is 2.41. The van der Waals surface area contributed by atoms with E-state index in [1.165, 1.54) is 17.7 Å². The van der Waals surface area contributed by atoms with Crippen molar-refractivity contribution in [2.45, 2.75) is 13.5 Å². The standard InChI is InChI=1S/C12H12N4O3/c1-9(17)13-11-4-2-3-10(7-11)8-15-6-5-12(14-15)16(18)19/h2-7H,8H2,1H3,(H,13,17). The van der Waals surface area contributed by atoms with Gasteiger partial charge in [0.15, 0.2) is 0 Å². The largest absolute Gasteiger partial charge is 0.389 e. The molecule has 0 fully saturated rings. The average Bonchev–Trinajstić information content (AvgIpc) is 2.77. The summed E-state index contributed by atoms with van der Waals surface area (Å²) in [7, 11) is 0. The van der Waals surface area contributed by atoms with Crippen molar-refractivity contribution in [2.24, 2.45) is 0 Å². The molecular weight excluding hydrogens is 248 g/mol. The average molecular weight is 260 g/mol. The molecule has 0 unspecified atom stereocenters. The van der Waals surface area contributed by atoms with Crippen molar-refractivity contribution in [3.05, 3.63) is 52.2 Å². The number of carbonyl (C=O) groups is 1. The second-order valence-corrected chi connectivity index (χ2v) is 4.01. The molecule has 0 bridgehead atoms. The minimum Gasteiger partial charge on any atom is -0.358 e. The van der Waals surface area contributed by atoms with Gasteiger partial charge >= 0.3 is 5.82 Å². The van der Waals surface area contributed by atoms with Crippen molar-refractivity contribution in [3.63, 3.8) is 0 Å². The van der Waals surface area contributed by atoms with E-state index < -0.39 is 4.92 Å². The monoisotopic (exact) mass is 260 g/mol. The molecule has 1 amide bonds. The van der Waals surface area contributed by atoms with Gasteiger partial charge in [0.1, 0.15) is 0 Å². The van der Waals surface area contributed by atoms with E-state index in [9.17, 15) is 14.9 Å². The third-order valence-corrected chi connectivity index (χ3v) is 2.41. The Morgan fingerprint density at radius 2 is 2.26 bits per heavy atom. The number of nitrogens with one attached hydrogen (secondary N) is 1. The van der Waals surface area contributed by atoms with Crippen molar-refractivity contribution < 1.29 is 9.72 Å². The van der Waals surface area contributed by atoms with Crippen LogP contribution in [0.5, 0.6) is 0 Å². The molecule has 0 saturated heterocycles. The highest BCUT2D eigenvalue weighted by Gasteiger charge is 2.10. The van der Waals surface area contributed by atoms with Gasteiger partial charge in [-0.1, -0.05) is 12.1 Å². The summed E-state index contributed by atoms with van der Waals surface area (Å²) in [5.74, 6) is -0.329. The maximum atomic E-state index is 11.0. The maximum Gasteiger partial charge on any atom is 0.389 e. The summed E-state index contributed by atoms with van der Waals surface area (Å²) < 4.78 is 1.48. The Labute approximate surface area is 109 Å². The Kier molecular flexibility index (Phi) is 3.56. The van der Waals surface area contributed by atoms with Crippen molar-refractivity contribution in [1.82, 2.24) is 9.78 Å². The zero-order valence-electron chi connectivity index (χ0n) is 10.2. The molecule has 2 rings (SSSR count). The number of benzene rings is 1. The Hall–Kier alpha value is -2.70. The Morgan fingerprint density at radius 3 is 2.89 bits per heavy atom. The number of carbonyl (C=O) groups excluding carboxylic acids is 1. The molecule has 0 atom stereocenters. The van der Waals surface area contributed by atoms with Crippen LogP contribution in [-0.4, -0.2) is 20.6 Å². The second-order valence-electron chi connectivity index (χ2n) is 4.01. The predicted molar refractivity (Wildman–Crippen MR) is 68.7 cm³/mol. The fourth-order valence-electron chi connectivity index (χ4n) is 1.67. The molecule has 1 aromatic carbocycles. The number of rotatable bonds is 4. The van der Waals surface area contributed by atoms with E-state index in [0.717, 1.165) is 5.56 Å².